The first kappa shape index (κ1) is 30.9. The molecule has 1 spiro atoms. The van der Waals surface area contributed by atoms with Crippen molar-refractivity contribution in [2.24, 2.45) is 11.8 Å². The number of methoxy groups -OCH3 is 1. The molecule has 0 aromatic heterocycles. The summed E-state index contributed by atoms with van der Waals surface area (Å²) in [6, 6.07) is 11.5. The molecule has 1 aliphatic heterocycles. The van der Waals surface area contributed by atoms with E-state index in [1.54, 1.807) is 33.1 Å². The Balaban J connectivity index is 1.52. The molecule has 2 aromatic rings. The first-order valence-corrected chi connectivity index (χ1v) is 17.1. The number of anilines is 1. The lowest BCUT2D eigenvalue weighted by Gasteiger charge is -2.46. The Hall–Kier alpha value is -2.55. The summed E-state index contributed by atoms with van der Waals surface area (Å²) in [5.74, 6) is 0.892. The van der Waals surface area contributed by atoms with E-state index in [1.807, 2.05) is 12.1 Å². The Kier molecular flexibility index (Phi) is 9.26. The molecule has 0 saturated heterocycles. The Morgan fingerprint density at radius 3 is 2.74 bits per heavy atom. The highest BCUT2D eigenvalue weighted by Gasteiger charge is 2.44. The van der Waals surface area contributed by atoms with Gasteiger partial charge >= 0.3 is 0 Å². The predicted molar refractivity (Wildman–Crippen MR) is 168 cm³/mol. The number of carbonyl (C=O) groups is 1. The largest absolute Gasteiger partial charge is 0.490 e. The second-order valence-corrected chi connectivity index (χ2v) is 15.0. The molecule has 42 heavy (non-hydrogen) atoms. The van der Waals surface area contributed by atoms with Gasteiger partial charge in [-0.1, -0.05) is 36.7 Å². The average molecular weight is 615 g/mol. The van der Waals surface area contributed by atoms with E-state index in [4.69, 9.17) is 21.1 Å². The number of hydrogen-bond acceptors (Lipinski definition) is 6. The van der Waals surface area contributed by atoms with E-state index >= 15 is 0 Å². The number of nitrogens with zero attached hydrogens (tertiary/aromatic N) is 1. The van der Waals surface area contributed by atoms with Gasteiger partial charge in [0.25, 0.3) is 5.91 Å². The maximum atomic E-state index is 13.1. The van der Waals surface area contributed by atoms with Crippen LogP contribution in [0, 0.1) is 11.8 Å². The molecule has 1 saturated carbocycles. The van der Waals surface area contributed by atoms with Crippen LogP contribution in [0.2, 0.25) is 5.02 Å². The summed E-state index contributed by atoms with van der Waals surface area (Å²) in [6.45, 7) is 7.27. The van der Waals surface area contributed by atoms with Crippen molar-refractivity contribution in [1.29, 1.82) is 0 Å². The molecule has 0 radical (unpaired) electrons. The van der Waals surface area contributed by atoms with Crippen LogP contribution in [0.1, 0.15) is 74.4 Å². The molecule has 2 aliphatic carbocycles. The summed E-state index contributed by atoms with van der Waals surface area (Å²) >= 11 is 6.40. The number of fused-ring (bicyclic) bond motifs is 3. The molecule has 9 heteroatoms. The Bertz CT molecular complexity index is 1440. The van der Waals surface area contributed by atoms with Crippen molar-refractivity contribution in [1.82, 2.24) is 4.72 Å². The maximum absolute atomic E-state index is 13.1. The highest BCUT2D eigenvalue weighted by Crippen LogP contribution is 2.47. The van der Waals surface area contributed by atoms with Gasteiger partial charge in [-0.25, -0.2) is 13.1 Å². The van der Waals surface area contributed by atoms with E-state index < -0.39 is 21.2 Å². The quantitative estimate of drug-likeness (QED) is 0.334. The topological polar surface area (TPSA) is 84.9 Å². The lowest BCUT2D eigenvalue weighted by atomic mass is 9.68. The van der Waals surface area contributed by atoms with Crippen molar-refractivity contribution in [2.45, 2.75) is 76.1 Å². The third-order valence-electron chi connectivity index (χ3n) is 9.34. The minimum absolute atomic E-state index is 0.0660. The summed E-state index contributed by atoms with van der Waals surface area (Å²) in [7, 11) is -1.98. The van der Waals surface area contributed by atoms with E-state index in [0.717, 1.165) is 62.3 Å². The standard InChI is InChI=1S/C33H43ClN2O5S/c1-5-6-9-30(40-4)27-13-10-25(27)19-36-20-33(16-7-8-23-17-26(34)12-14-28(23)33)21-41-31-15-11-24(18-29(31)36)32(37)35-42(38,39)22(2)3/h6,9,11-12,14-15,17-18,22,25,27,30H,5,7-8,10,13,16,19-21H2,1-4H3,(H,35,37)/b9-6+/t25?,27?,30?,33-/m0/s1. The lowest BCUT2D eigenvalue weighted by molar-refractivity contribution is 0.0132. The van der Waals surface area contributed by atoms with Crippen LogP contribution in [-0.2, 0) is 26.6 Å². The van der Waals surface area contributed by atoms with Gasteiger partial charge in [-0.2, -0.15) is 0 Å². The van der Waals surface area contributed by atoms with Crippen molar-refractivity contribution in [2.75, 3.05) is 31.7 Å². The molecule has 228 valence electrons. The van der Waals surface area contributed by atoms with Gasteiger partial charge in [0.1, 0.15) is 5.75 Å². The van der Waals surface area contributed by atoms with Gasteiger partial charge in [-0.3, -0.25) is 4.79 Å². The minimum Gasteiger partial charge on any atom is -0.490 e. The number of sulfonamides is 1. The summed E-state index contributed by atoms with van der Waals surface area (Å²) in [4.78, 5) is 15.5. The number of nitrogens with one attached hydrogen (secondary N) is 1. The monoisotopic (exact) mass is 614 g/mol. The van der Waals surface area contributed by atoms with Crippen molar-refractivity contribution >= 4 is 33.2 Å². The summed E-state index contributed by atoms with van der Waals surface area (Å²) in [5.41, 5.74) is 3.44. The van der Waals surface area contributed by atoms with Crippen LogP contribution in [-0.4, -0.2) is 52.5 Å². The number of halogens is 1. The third-order valence-corrected chi connectivity index (χ3v) is 11.3. The van der Waals surface area contributed by atoms with Crippen molar-refractivity contribution < 1.29 is 22.7 Å². The summed E-state index contributed by atoms with van der Waals surface area (Å²) in [5, 5.41) is 0.0309. The van der Waals surface area contributed by atoms with Crippen molar-refractivity contribution in [3.05, 3.63) is 70.3 Å². The number of rotatable bonds is 9. The second-order valence-electron chi connectivity index (χ2n) is 12.4. The number of carbonyl (C=O) groups excluding carboxylic acids is 1. The summed E-state index contributed by atoms with van der Waals surface area (Å²) in [6.07, 6.45) is 10.6. The molecule has 1 amide bonds. The molecule has 4 atom stereocenters. The highest BCUT2D eigenvalue weighted by atomic mass is 35.5. The molecule has 7 nitrogen and oxygen atoms in total. The second kappa shape index (κ2) is 12.6. The summed E-state index contributed by atoms with van der Waals surface area (Å²) < 4.78 is 39.6. The van der Waals surface area contributed by atoms with E-state index in [0.29, 0.717) is 29.8 Å². The third kappa shape index (κ3) is 6.22. The number of benzene rings is 2. The fraction of sp³-hybridized carbons (Fsp3) is 0.545. The number of allylic oxidation sites excluding steroid dienone is 1. The van der Waals surface area contributed by atoms with Crippen LogP contribution >= 0.6 is 11.6 Å². The molecule has 0 bridgehead atoms. The molecule has 5 rings (SSSR count). The van der Waals surface area contributed by atoms with Gasteiger partial charge in [0.05, 0.1) is 23.6 Å². The van der Waals surface area contributed by atoms with Crippen LogP contribution in [0.4, 0.5) is 5.69 Å². The predicted octanol–water partition coefficient (Wildman–Crippen LogP) is 6.29. The van der Waals surface area contributed by atoms with Gasteiger partial charge in [0, 0.05) is 36.2 Å². The van der Waals surface area contributed by atoms with E-state index in [1.165, 1.54) is 11.1 Å². The zero-order valence-corrected chi connectivity index (χ0v) is 26.6. The first-order valence-electron chi connectivity index (χ1n) is 15.1. The van der Waals surface area contributed by atoms with E-state index in [9.17, 15) is 13.2 Å². The van der Waals surface area contributed by atoms with Gasteiger partial charge < -0.3 is 14.4 Å². The number of aryl methyl sites for hydroxylation is 1. The minimum atomic E-state index is -3.76. The average Bonchev–Trinajstić information content (AvgIpc) is 3.09. The molecule has 3 unspecified atom stereocenters. The normalized spacial score (nSPS) is 24.5. The smallest absolute Gasteiger partial charge is 0.264 e. The van der Waals surface area contributed by atoms with Gasteiger partial charge in [-0.15, -0.1) is 0 Å². The van der Waals surface area contributed by atoms with E-state index in [2.05, 4.69) is 40.8 Å². The van der Waals surface area contributed by atoms with Gasteiger partial charge in [-0.05, 0) is 106 Å². The zero-order chi connectivity index (χ0) is 30.1. The molecule has 3 aliphatic rings. The number of ether oxygens (including phenoxy) is 2. The molecular weight excluding hydrogens is 572 g/mol. The van der Waals surface area contributed by atoms with Crippen LogP contribution in [0.5, 0.6) is 5.75 Å². The maximum Gasteiger partial charge on any atom is 0.264 e. The van der Waals surface area contributed by atoms with Crippen molar-refractivity contribution in [3.8, 4) is 5.75 Å². The molecular formula is C33H43ClN2O5S. The van der Waals surface area contributed by atoms with Crippen molar-refractivity contribution in [3.63, 3.8) is 0 Å². The Morgan fingerprint density at radius 1 is 1.24 bits per heavy atom. The Labute approximate surface area is 255 Å². The van der Waals surface area contributed by atoms with Crippen LogP contribution in [0.25, 0.3) is 0 Å². The molecule has 2 aromatic carbocycles. The molecule has 1 N–H and O–H groups in total. The highest BCUT2D eigenvalue weighted by molar-refractivity contribution is 7.90. The fourth-order valence-corrected chi connectivity index (χ4v) is 7.57. The zero-order valence-electron chi connectivity index (χ0n) is 25.1. The van der Waals surface area contributed by atoms with E-state index in [-0.39, 0.29) is 11.5 Å². The molecule has 1 fully saturated rings. The lowest BCUT2D eigenvalue weighted by Crippen LogP contribution is -2.49. The fourth-order valence-electron chi connectivity index (χ4n) is 6.76. The van der Waals surface area contributed by atoms with Crippen LogP contribution in [0.15, 0.2) is 48.6 Å². The van der Waals surface area contributed by atoms with Crippen LogP contribution < -0.4 is 14.4 Å². The van der Waals surface area contributed by atoms with Gasteiger partial charge in [0.15, 0.2) is 0 Å². The molecule has 1 heterocycles. The van der Waals surface area contributed by atoms with Gasteiger partial charge in [0.2, 0.25) is 10.0 Å². The number of amides is 1. The SMILES string of the molecule is CC/C=C/C(OC)C1CCC1CN1C[C@@]2(CCCc3cc(Cl)ccc32)COc2ccc(C(=O)NS(=O)(=O)C(C)C)cc21. The Morgan fingerprint density at radius 2 is 2.05 bits per heavy atom. The number of hydrogen-bond donors (Lipinski definition) is 1. The first-order chi connectivity index (χ1) is 20.1. The van der Waals surface area contributed by atoms with Crippen LogP contribution in [0.3, 0.4) is 0 Å².